The first-order valence-corrected chi connectivity index (χ1v) is 17.6. The summed E-state index contributed by atoms with van der Waals surface area (Å²) in [6.45, 7) is 3.78. The Morgan fingerprint density at radius 2 is 1.48 bits per heavy atom. The van der Waals surface area contributed by atoms with Crippen LogP contribution in [0.25, 0.3) is 64.8 Å². The van der Waals surface area contributed by atoms with Crippen LogP contribution in [0.15, 0.2) is 90.9 Å². The molecule has 5 aromatic carbocycles. The third kappa shape index (κ3) is 5.16. The molecule has 0 radical (unpaired) electrons. The molecule has 3 aliphatic rings. The average Bonchev–Trinajstić information content (AvgIpc) is 3.75. The topological polar surface area (TPSA) is 38.7 Å². The first-order chi connectivity index (χ1) is 34.9. The Morgan fingerprint density at radius 3 is 2.37 bits per heavy atom. The Hall–Kier alpha value is -4.67. The number of hydrogen-bond donors (Lipinski definition) is 0. The zero-order chi connectivity index (χ0) is 56.2. The fourth-order valence-corrected chi connectivity index (χ4v) is 8.73. The summed E-state index contributed by atoms with van der Waals surface area (Å²) in [6.07, 6.45) is -38.7. The molecule has 2 saturated carbocycles. The summed E-state index contributed by atoms with van der Waals surface area (Å²) in [7, 11) is 0. The van der Waals surface area contributed by atoms with Crippen molar-refractivity contribution in [2.45, 2.75) is 95.8 Å². The Balaban J connectivity index is 1.46. The normalized spacial score (nSPS) is 38.7. The van der Waals surface area contributed by atoms with Crippen LogP contribution in [0.3, 0.4) is 0 Å². The summed E-state index contributed by atoms with van der Waals surface area (Å²) >= 11 is 1.32. The molecule has 0 spiro atoms. The molecule has 0 saturated heterocycles. The molecule has 258 valence electrons. The Labute approximate surface area is 344 Å². The van der Waals surface area contributed by atoms with Gasteiger partial charge in [0.15, 0.2) is 0 Å². The molecule has 10 rings (SSSR count). The van der Waals surface area contributed by atoms with E-state index in [0.717, 1.165) is 33.4 Å². The number of nitrogens with zero attached hydrogens (tertiary/aromatic N) is 3. The van der Waals surface area contributed by atoms with Gasteiger partial charge in [-0.25, -0.2) is 0 Å². The van der Waals surface area contributed by atoms with E-state index in [1.807, 2.05) is 56.3 Å². The van der Waals surface area contributed by atoms with E-state index in [9.17, 15) is 16.4 Å². The van der Waals surface area contributed by atoms with E-state index in [-0.39, 0.29) is 5.56 Å². The first kappa shape index (κ1) is 15.7. The van der Waals surface area contributed by atoms with Gasteiger partial charge in [0, 0.05) is 64.6 Å². The van der Waals surface area contributed by atoms with E-state index in [4.69, 9.17) is 16.4 Å². The molecule has 3 aliphatic carbocycles. The van der Waals surface area contributed by atoms with E-state index in [2.05, 4.69) is 15.4 Å². The predicted molar refractivity (Wildman–Crippen MR) is 218 cm³/mol. The van der Waals surface area contributed by atoms with Crippen LogP contribution >= 0.6 is 11.3 Å². The third-order valence-corrected chi connectivity index (χ3v) is 11.1. The summed E-state index contributed by atoms with van der Waals surface area (Å²) < 4.78 is 222. The SMILES string of the molecule is [2H]c1c([2H])c([2H])c(-c2c(-c3c(C)c(C)cc4c3Cc3ccccc3-4)ccc3sc4ccccc4c23)c(-c2nnnc(C3([2H])C([2H])C([2H])([2H])C([2H])([2H])C([2H])([2H])C3([2H])[2H])c2C2([2H])C([2H])C([2H])([2H])C([2H])([2H])C([2H])([2H])C2([2H])[2H])c1[2H]. The largest absolute Gasteiger partial charge is 0.135 e. The number of aryl methyl sites for hydroxylation is 1. The summed E-state index contributed by atoms with van der Waals surface area (Å²) in [5, 5.41) is 12.6. The number of thiophene rings is 1. The van der Waals surface area contributed by atoms with Crippen LogP contribution in [0.1, 0.15) is 142 Å². The second kappa shape index (κ2) is 13.1. The molecule has 2 heterocycles. The lowest BCUT2D eigenvalue weighted by molar-refractivity contribution is 0.408. The number of fused-ring (bicyclic) bond motifs is 6. The van der Waals surface area contributed by atoms with E-state index < -0.39 is 128 Å². The molecule has 2 fully saturated rings. The minimum Gasteiger partial charge on any atom is -0.135 e. The molecule has 3 nitrogen and oxygen atoms in total. The molecule has 4 heteroatoms. The molecule has 4 unspecified atom stereocenters. The predicted octanol–water partition coefficient (Wildman–Crippen LogP) is 13.5. The van der Waals surface area contributed by atoms with Gasteiger partial charge in [-0.2, -0.15) is 0 Å². The highest BCUT2D eigenvalue weighted by atomic mass is 32.1. The number of aromatic nitrogens is 3. The highest BCUT2D eigenvalue weighted by Crippen LogP contribution is 2.52. The lowest BCUT2D eigenvalue weighted by Crippen LogP contribution is -2.17. The molecular formula is C48H45N3S. The maximum Gasteiger partial charge on any atom is 0.101 e. The van der Waals surface area contributed by atoms with E-state index in [1.54, 1.807) is 24.3 Å². The second-order valence-corrected chi connectivity index (χ2v) is 13.9. The summed E-state index contributed by atoms with van der Waals surface area (Å²) in [6, 6.07) is 16.7. The summed E-state index contributed by atoms with van der Waals surface area (Å²) in [5.74, 6) is -8.24. The van der Waals surface area contributed by atoms with Crippen molar-refractivity contribution in [2.24, 2.45) is 0 Å². The fourth-order valence-electron chi connectivity index (χ4n) is 7.61. The molecule has 0 aliphatic heterocycles. The number of rotatable bonds is 5. The van der Waals surface area contributed by atoms with Crippen LogP contribution < -0.4 is 0 Å². The van der Waals surface area contributed by atoms with Crippen molar-refractivity contribution in [3.8, 4) is 44.6 Å². The Bertz CT molecular complexity index is 3670. The summed E-state index contributed by atoms with van der Waals surface area (Å²) in [5.41, 5.74) is 0.479. The van der Waals surface area contributed by atoms with Gasteiger partial charge in [0.05, 0.1) is 11.2 Å². The number of hydrogen-bond acceptors (Lipinski definition) is 4. The van der Waals surface area contributed by atoms with Gasteiger partial charge in [-0.3, -0.25) is 0 Å². The van der Waals surface area contributed by atoms with Crippen LogP contribution in [-0.4, -0.2) is 15.4 Å². The van der Waals surface area contributed by atoms with Gasteiger partial charge in [0.25, 0.3) is 0 Å². The van der Waals surface area contributed by atoms with Crippen LogP contribution in [0, 0.1) is 13.8 Å². The molecular weight excluding hydrogens is 651 g/mol. The zero-order valence-electron chi connectivity index (χ0n) is 52.0. The zero-order valence-corrected chi connectivity index (χ0v) is 28.8. The number of benzene rings is 5. The third-order valence-electron chi connectivity index (χ3n) is 10.0. The quantitative estimate of drug-likeness (QED) is 0.178. The summed E-state index contributed by atoms with van der Waals surface area (Å²) in [4.78, 5) is 0. The Morgan fingerprint density at radius 1 is 0.712 bits per heavy atom. The maximum absolute atomic E-state index is 10.3. The lowest BCUT2D eigenvalue weighted by Gasteiger charge is -2.30. The van der Waals surface area contributed by atoms with E-state index in [1.165, 1.54) is 11.3 Å². The maximum atomic E-state index is 10.3. The minimum atomic E-state index is -4.29. The van der Waals surface area contributed by atoms with Gasteiger partial charge in [-0.1, -0.05) is 117 Å². The van der Waals surface area contributed by atoms with Crippen LogP contribution in [0.2, 0.25) is 0 Å². The van der Waals surface area contributed by atoms with Crippen LogP contribution in [0.5, 0.6) is 0 Å². The first-order valence-electron chi connectivity index (χ1n) is 28.9. The minimum absolute atomic E-state index is 0.0674. The highest BCUT2D eigenvalue weighted by molar-refractivity contribution is 7.26. The fraction of sp³-hybridized carbons (Fsp3) is 0.312. The van der Waals surface area contributed by atoms with Gasteiger partial charge in [-0.15, -0.1) is 21.5 Å². The van der Waals surface area contributed by atoms with Gasteiger partial charge in [0.2, 0.25) is 0 Å². The van der Waals surface area contributed by atoms with Crippen molar-refractivity contribution < 1.29 is 32.9 Å². The van der Waals surface area contributed by atoms with Crippen molar-refractivity contribution >= 4 is 31.5 Å². The van der Waals surface area contributed by atoms with Gasteiger partial charge >= 0.3 is 0 Å². The standard InChI is InChI=1S/C48H45N3S/c1-29-27-39-34-20-10-9-19-33(34)28-40(39)43(30(29)2)38-25-26-42-46(37-23-13-14-24-41(37)52-42)45(38)35-21-11-12-22-36(35)48-44(31-15-5-3-6-16-31)47(49-51-50-48)32-17-7-4-8-18-32/h9-14,19-27,31-32H,3-8,15-18,28H2,1-2H3/i3D2,4D2,5D2,6D2,7D2,8D2,11D,12D,15D,16D2,17D,18D2,21D,22D,31D,32D. The molecule has 4 atom stereocenters. The molecule has 52 heavy (non-hydrogen) atoms. The van der Waals surface area contributed by atoms with E-state index >= 15 is 0 Å². The van der Waals surface area contributed by atoms with Crippen molar-refractivity contribution in [3.63, 3.8) is 0 Å². The molecule has 7 aromatic rings. The van der Waals surface area contributed by atoms with Crippen molar-refractivity contribution in [1.82, 2.24) is 15.4 Å². The lowest BCUT2D eigenvalue weighted by atomic mass is 9.76. The monoisotopic (exact) mass is 719 g/mol. The van der Waals surface area contributed by atoms with E-state index in [0.29, 0.717) is 37.7 Å². The van der Waals surface area contributed by atoms with Crippen molar-refractivity contribution in [1.29, 1.82) is 0 Å². The van der Waals surface area contributed by atoms with Crippen LogP contribution in [0.4, 0.5) is 0 Å². The molecule has 2 aromatic heterocycles. The highest BCUT2D eigenvalue weighted by Gasteiger charge is 2.32. The average molecular weight is 720 g/mol. The molecule has 0 N–H and O–H groups in total. The Kier molecular flexibility index (Phi) is 3.96. The smallest absolute Gasteiger partial charge is 0.101 e. The second-order valence-electron chi connectivity index (χ2n) is 12.8. The van der Waals surface area contributed by atoms with Gasteiger partial charge in [0.1, 0.15) is 5.69 Å². The van der Waals surface area contributed by atoms with Gasteiger partial charge in [-0.05, 0) is 125 Å². The van der Waals surface area contributed by atoms with Crippen LogP contribution in [-0.2, 0) is 6.42 Å². The van der Waals surface area contributed by atoms with Crippen molar-refractivity contribution in [3.05, 3.63) is 124 Å². The molecule has 0 amide bonds. The van der Waals surface area contributed by atoms with Crippen molar-refractivity contribution in [2.75, 3.05) is 0 Å². The van der Waals surface area contributed by atoms with Gasteiger partial charge < -0.3 is 0 Å². The molecule has 0 bridgehead atoms.